The number of hydrogen-bond donors (Lipinski definition) is 2. The van der Waals surface area contributed by atoms with Crippen LogP contribution in [0.15, 0.2) is 34.9 Å². The molecule has 132 valence electrons. The van der Waals surface area contributed by atoms with Crippen molar-refractivity contribution < 1.29 is 19.1 Å². The molecule has 0 radical (unpaired) electrons. The van der Waals surface area contributed by atoms with Crippen molar-refractivity contribution in [1.82, 2.24) is 10.3 Å². The van der Waals surface area contributed by atoms with Crippen LogP contribution in [0, 0.1) is 12.8 Å². The molecule has 0 spiro atoms. The highest BCUT2D eigenvalue weighted by Gasteiger charge is 2.30. The SMILES string of the molecule is Cc1ccc(-c2cnc(CCC(=O)NC(CC3CC3)C(=O)O)o2)cc1. The first-order chi connectivity index (χ1) is 12.0. The van der Waals surface area contributed by atoms with Gasteiger partial charge < -0.3 is 14.8 Å². The molecule has 0 saturated heterocycles. The fourth-order valence-corrected chi connectivity index (χ4v) is 2.67. The highest BCUT2D eigenvalue weighted by atomic mass is 16.4. The van der Waals surface area contributed by atoms with E-state index in [2.05, 4.69) is 10.3 Å². The highest BCUT2D eigenvalue weighted by Crippen LogP contribution is 2.33. The van der Waals surface area contributed by atoms with Gasteiger partial charge in [0.05, 0.1) is 6.20 Å². The Labute approximate surface area is 146 Å². The van der Waals surface area contributed by atoms with Gasteiger partial charge in [0.15, 0.2) is 11.7 Å². The van der Waals surface area contributed by atoms with E-state index < -0.39 is 12.0 Å². The third kappa shape index (κ3) is 4.92. The number of benzene rings is 1. The van der Waals surface area contributed by atoms with E-state index >= 15 is 0 Å². The van der Waals surface area contributed by atoms with Gasteiger partial charge in [-0.1, -0.05) is 42.7 Å². The van der Waals surface area contributed by atoms with Gasteiger partial charge in [0.1, 0.15) is 6.04 Å². The van der Waals surface area contributed by atoms with Gasteiger partial charge >= 0.3 is 5.97 Å². The van der Waals surface area contributed by atoms with E-state index in [1.165, 1.54) is 5.56 Å². The summed E-state index contributed by atoms with van der Waals surface area (Å²) in [6.45, 7) is 2.02. The number of aromatic nitrogens is 1. The summed E-state index contributed by atoms with van der Waals surface area (Å²) >= 11 is 0. The Balaban J connectivity index is 1.51. The predicted molar refractivity (Wildman–Crippen MR) is 91.9 cm³/mol. The Bertz CT molecular complexity index is 747. The number of carbonyl (C=O) groups excluding carboxylic acids is 1. The molecule has 2 aromatic rings. The van der Waals surface area contributed by atoms with Crippen LogP contribution in [0.25, 0.3) is 11.3 Å². The van der Waals surface area contributed by atoms with Crippen LogP contribution in [0.4, 0.5) is 0 Å². The molecule has 1 amide bonds. The van der Waals surface area contributed by atoms with Crippen LogP contribution < -0.4 is 5.32 Å². The second-order valence-corrected chi connectivity index (χ2v) is 6.62. The maximum absolute atomic E-state index is 12.0. The normalized spacial score (nSPS) is 14.9. The molecule has 0 bridgehead atoms. The summed E-state index contributed by atoms with van der Waals surface area (Å²) in [6.07, 6.45) is 4.76. The maximum atomic E-state index is 12.0. The van der Waals surface area contributed by atoms with Crippen LogP contribution in [-0.2, 0) is 16.0 Å². The van der Waals surface area contributed by atoms with E-state index in [-0.39, 0.29) is 12.3 Å². The van der Waals surface area contributed by atoms with Crippen LogP contribution in [0.1, 0.15) is 37.1 Å². The molecule has 2 N–H and O–H groups in total. The Hall–Kier alpha value is -2.63. The maximum Gasteiger partial charge on any atom is 0.326 e. The number of nitrogens with one attached hydrogen (secondary N) is 1. The van der Waals surface area contributed by atoms with Crippen LogP contribution in [0.2, 0.25) is 0 Å². The first-order valence-corrected chi connectivity index (χ1v) is 8.55. The largest absolute Gasteiger partial charge is 0.480 e. The molecule has 6 heteroatoms. The number of amides is 1. The summed E-state index contributed by atoms with van der Waals surface area (Å²) in [4.78, 5) is 27.4. The van der Waals surface area contributed by atoms with Gasteiger partial charge in [-0.15, -0.1) is 0 Å². The van der Waals surface area contributed by atoms with Gasteiger partial charge in [0, 0.05) is 18.4 Å². The molecule has 3 rings (SSSR count). The van der Waals surface area contributed by atoms with E-state index in [0.29, 0.717) is 30.4 Å². The zero-order valence-corrected chi connectivity index (χ0v) is 14.2. The van der Waals surface area contributed by atoms with E-state index in [4.69, 9.17) is 4.42 Å². The minimum Gasteiger partial charge on any atom is -0.480 e. The van der Waals surface area contributed by atoms with Crippen LogP contribution in [0.3, 0.4) is 0 Å². The fourth-order valence-electron chi connectivity index (χ4n) is 2.67. The second kappa shape index (κ2) is 7.51. The van der Waals surface area contributed by atoms with Gasteiger partial charge in [-0.2, -0.15) is 0 Å². The summed E-state index contributed by atoms with van der Waals surface area (Å²) in [5.41, 5.74) is 2.10. The van der Waals surface area contributed by atoms with Crippen LogP contribution >= 0.6 is 0 Å². The average molecular weight is 342 g/mol. The van der Waals surface area contributed by atoms with Gasteiger partial charge in [-0.25, -0.2) is 9.78 Å². The lowest BCUT2D eigenvalue weighted by Gasteiger charge is -2.13. The van der Waals surface area contributed by atoms with Gasteiger partial charge in [0.25, 0.3) is 0 Å². The highest BCUT2D eigenvalue weighted by molar-refractivity contribution is 5.83. The van der Waals surface area contributed by atoms with Crippen molar-refractivity contribution in [3.8, 4) is 11.3 Å². The van der Waals surface area contributed by atoms with Crippen LogP contribution in [-0.4, -0.2) is 28.0 Å². The molecule has 1 unspecified atom stereocenters. The topological polar surface area (TPSA) is 92.4 Å². The van der Waals surface area contributed by atoms with Gasteiger partial charge in [-0.05, 0) is 19.3 Å². The van der Waals surface area contributed by atoms with Crippen molar-refractivity contribution in [3.63, 3.8) is 0 Å². The lowest BCUT2D eigenvalue weighted by atomic mass is 10.1. The minimum atomic E-state index is -0.974. The molecule has 25 heavy (non-hydrogen) atoms. The monoisotopic (exact) mass is 342 g/mol. The summed E-state index contributed by atoms with van der Waals surface area (Å²) in [6, 6.07) is 7.12. The molecule has 1 aromatic carbocycles. The molecule has 1 heterocycles. The number of aliphatic carboxylic acids is 1. The minimum absolute atomic E-state index is 0.155. The number of nitrogens with zero attached hydrogens (tertiary/aromatic N) is 1. The Morgan fingerprint density at radius 3 is 2.68 bits per heavy atom. The number of aryl methyl sites for hydroxylation is 2. The molecule has 1 aromatic heterocycles. The summed E-state index contributed by atoms with van der Waals surface area (Å²) in [5.74, 6) is 0.304. The van der Waals surface area contributed by atoms with Crippen molar-refractivity contribution in [3.05, 3.63) is 41.9 Å². The number of carbonyl (C=O) groups is 2. The third-order valence-corrected chi connectivity index (χ3v) is 4.35. The first kappa shape index (κ1) is 17.2. The fraction of sp³-hybridized carbons (Fsp3) is 0.421. The second-order valence-electron chi connectivity index (χ2n) is 6.62. The van der Waals surface area contributed by atoms with Crippen molar-refractivity contribution >= 4 is 11.9 Å². The standard InChI is InChI=1S/C19H22N2O4/c1-12-2-6-14(7-3-12)16-11-20-18(25-16)9-8-17(22)21-15(19(23)24)10-13-4-5-13/h2-3,6-7,11,13,15H,4-5,8-10H2,1H3,(H,21,22)(H,23,24). The summed E-state index contributed by atoms with van der Waals surface area (Å²) in [5, 5.41) is 11.8. The van der Waals surface area contributed by atoms with Crippen LogP contribution in [0.5, 0.6) is 0 Å². The first-order valence-electron chi connectivity index (χ1n) is 8.55. The van der Waals surface area contributed by atoms with Gasteiger partial charge in [0.2, 0.25) is 5.91 Å². The molecule has 1 fully saturated rings. The average Bonchev–Trinajstić information content (AvgIpc) is 3.28. The Kier molecular flexibility index (Phi) is 5.16. The molecular weight excluding hydrogens is 320 g/mol. The smallest absolute Gasteiger partial charge is 0.326 e. The molecule has 1 saturated carbocycles. The molecule has 1 atom stereocenters. The summed E-state index contributed by atoms with van der Waals surface area (Å²) < 4.78 is 5.68. The molecule has 6 nitrogen and oxygen atoms in total. The zero-order chi connectivity index (χ0) is 17.8. The number of oxazole rings is 1. The Morgan fingerprint density at radius 1 is 1.32 bits per heavy atom. The lowest BCUT2D eigenvalue weighted by Crippen LogP contribution is -2.41. The molecular formula is C19H22N2O4. The molecule has 0 aliphatic heterocycles. The number of carboxylic acids is 1. The van der Waals surface area contributed by atoms with E-state index in [1.807, 2.05) is 31.2 Å². The quantitative estimate of drug-likeness (QED) is 0.769. The third-order valence-electron chi connectivity index (χ3n) is 4.35. The van der Waals surface area contributed by atoms with Crippen molar-refractivity contribution in [2.24, 2.45) is 5.92 Å². The zero-order valence-electron chi connectivity index (χ0n) is 14.2. The molecule has 1 aliphatic rings. The van der Waals surface area contributed by atoms with E-state index in [9.17, 15) is 14.7 Å². The number of hydrogen-bond acceptors (Lipinski definition) is 4. The van der Waals surface area contributed by atoms with E-state index in [1.54, 1.807) is 6.20 Å². The Morgan fingerprint density at radius 2 is 2.04 bits per heavy atom. The lowest BCUT2D eigenvalue weighted by molar-refractivity contribution is -0.142. The predicted octanol–water partition coefficient (Wildman–Crippen LogP) is 2.95. The van der Waals surface area contributed by atoms with Crippen molar-refractivity contribution in [2.75, 3.05) is 0 Å². The summed E-state index contributed by atoms with van der Waals surface area (Å²) in [7, 11) is 0. The van der Waals surface area contributed by atoms with E-state index in [0.717, 1.165) is 18.4 Å². The number of rotatable bonds is 8. The van der Waals surface area contributed by atoms with Gasteiger partial charge in [-0.3, -0.25) is 4.79 Å². The van der Waals surface area contributed by atoms with Crippen molar-refractivity contribution in [2.45, 2.75) is 45.1 Å². The number of carboxylic acid groups (broad SMARTS) is 1. The van der Waals surface area contributed by atoms with Crippen molar-refractivity contribution in [1.29, 1.82) is 0 Å². The molecule has 1 aliphatic carbocycles.